The van der Waals surface area contributed by atoms with Crippen LogP contribution in [-0.2, 0) is 11.2 Å². The number of hydrogen-bond donors (Lipinski definition) is 1. The molecule has 0 saturated heterocycles. The highest BCUT2D eigenvalue weighted by molar-refractivity contribution is 5.76. The Kier molecular flexibility index (Phi) is 5.16. The van der Waals surface area contributed by atoms with Crippen molar-refractivity contribution in [2.75, 3.05) is 6.54 Å². The number of amides is 1. The molecule has 108 valence electrons. The molecule has 1 aromatic carbocycles. The summed E-state index contributed by atoms with van der Waals surface area (Å²) >= 11 is 0. The van der Waals surface area contributed by atoms with Crippen LogP contribution >= 0.6 is 0 Å². The lowest BCUT2D eigenvalue weighted by atomic mass is 10.1. The summed E-state index contributed by atoms with van der Waals surface area (Å²) in [4.78, 5) is 11.7. The highest BCUT2D eigenvalue weighted by atomic mass is 16.5. The van der Waals surface area contributed by atoms with Gasteiger partial charge in [-0.1, -0.05) is 35.2 Å². The molecule has 0 aliphatic carbocycles. The van der Waals surface area contributed by atoms with E-state index in [1.165, 1.54) is 0 Å². The SMILES string of the molecule is Cc1noc(C)c1CCC(=O)NCC#Cc1ccccc1. The standard InChI is InChI=1S/C17H18N2O2/c1-13-16(14(2)21-19-13)10-11-17(20)18-12-6-9-15-7-4-3-5-8-15/h3-5,7-8H,10-12H2,1-2H3,(H,18,20). The zero-order valence-corrected chi connectivity index (χ0v) is 12.3. The molecule has 0 aliphatic rings. The smallest absolute Gasteiger partial charge is 0.221 e. The molecule has 0 unspecified atom stereocenters. The summed E-state index contributed by atoms with van der Waals surface area (Å²) < 4.78 is 5.07. The Morgan fingerprint density at radius 1 is 1.29 bits per heavy atom. The number of benzene rings is 1. The van der Waals surface area contributed by atoms with Crippen molar-refractivity contribution in [3.8, 4) is 11.8 Å². The van der Waals surface area contributed by atoms with Gasteiger partial charge in [0.2, 0.25) is 5.91 Å². The minimum atomic E-state index is -0.0163. The van der Waals surface area contributed by atoms with E-state index in [2.05, 4.69) is 22.3 Å². The van der Waals surface area contributed by atoms with Crippen molar-refractivity contribution in [3.63, 3.8) is 0 Å². The Morgan fingerprint density at radius 3 is 2.71 bits per heavy atom. The van der Waals surface area contributed by atoms with Crippen molar-refractivity contribution < 1.29 is 9.32 Å². The Balaban J connectivity index is 1.75. The number of carbonyl (C=O) groups excluding carboxylic acids is 1. The predicted molar refractivity (Wildman–Crippen MR) is 80.6 cm³/mol. The maximum atomic E-state index is 11.7. The maximum absolute atomic E-state index is 11.7. The van der Waals surface area contributed by atoms with Crippen LogP contribution in [0.1, 0.15) is 29.0 Å². The van der Waals surface area contributed by atoms with Crippen molar-refractivity contribution in [2.24, 2.45) is 0 Å². The Labute approximate surface area is 124 Å². The molecular weight excluding hydrogens is 264 g/mol. The molecule has 1 N–H and O–H groups in total. The summed E-state index contributed by atoms with van der Waals surface area (Å²) in [6.07, 6.45) is 1.05. The van der Waals surface area contributed by atoms with Gasteiger partial charge in [0.1, 0.15) is 5.76 Å². The minimum Gasteiger partial charge on any atom is -0.361 e. The normalized spacial score (nSPS) is 9.81. The zero-order chi connectivity index (χ0) is 15.1. The second-order valence-corrected chi connectivity index (χ2v) is 4.75. The summed E-state index contributed by atoms with van der Waals surface area (Å²) in [5.74, 6) is 6.70. The Bertz CT molecular complexity index is 644. The van der Waals surface area contributed by atoms with Gasteiger partial charge < -0.3 is 9.84 Å². The lowest BCUT2D eigenvalue weighted by Gasteiger charge is -2.01. The molecule has 2 rings (SSSR count). The van der Waals surface area contributed by atoms with Crippen LogP contribution in [0.3, 0.4) is 0 Å². The first-order valence-corrected chi connectivity index (χ1v) is 6.89. The van der Waals surface area contributed by atoms with Crippen molar-refractivity contribution in [2.45, 2.75) is 26.7 Å². The van der Waals surface area contributed by atoms with Crippen molar-refractivity contribution in [1.29, 1.82) is 0 Å². The van der Waals surface area contributed by atoms with E-state index < -0.39 is 0 Å². The third-order valence-electron chi connectivity index (χ3n) is 3.16. The molecule has 0 saturated carbocycles. The highest BCUT2D eigenvalue weighted by Crippen LogP contribution is 2.13. The molecule has 1 heterocycles. The Morgan fingerprint density at radius 2 is 2.05 bits per heavy atom. The molecule has 0 bridgehead atoms. The average Bonchev–Trinajstić information content (AvgIpc) is 2.81. The first kappa shape index (κ1) is 14.9. The van der Waals surface area contributed by atoms with Gasteiger partial charge in [-0.3, -0.25) is 4.79 Å². The fraction of sp³-hybridized carbons (Fsp3) is 0.294. The largest absolute Gasteiger partial charge is 0.361 e. The van der Waals surface area contributed by atoms with E-state index in [1.807, 2.05) is 44.2 Å². The summed E-state index contributed by atoms with van der Waals surface area (Å²) in [6, 6.07) is 9.69. The van der Waals surface area contributed by atoms with E-state index in [1.54, 1.807) is 0 Å². The van der Waals surface area contributed by atoms with E-state index in [0.717, 1.165) is 22.6 Å². The van der Waals surface area contributed by atoms with Gasteiger partial charge in [-0.25, -0.2) is 0 Å². The van der Waals surface area contributed by atoms with Gasteiger partial charge in [-0.05, 0) is 32.4 Å². The van der Waals surface area contributed by atoms with E-state index in [0.29, 0.717) is 19.4 Å². The quantitative estimate of drug-likeness (QED) is 0.876. The van der Waals surface area contributed by atoms with Crippen molar-refractivity contribution in [1.82, 2.24) is 10.5 Å². The number of hydrogen-bond acceptors (Lipinski definition) is 3. The van der Waals surface area contributed by atoms with Gasteiger partial charge in [0.05, 0.1) is 12.2 Å². The maximum Gasteiger partial charge on any atom is 0.221 e. The van der Waals surface area contributed by atoms with E-state index in [-0.39, 0.29) is 5.91 Å². The molecule has 2 aromatic rings. The second kappa shape index (κ2) is 7.30. The van der Waals surface area contributed by atoms with Gasteiger partial charge in [0.25, 0.3) is 0 Å². The number of aromatic nitrogens is 1. The van der Waals surface area contributed by atoms with Crippen LogP contribution in [-0.4, -0.2) is 17.6 Å². The van der Waals surface area contributed by atoms with Crippen LogP contribution in [0.25, 0.3) is 0 Å². The first-order chi connectivity index (χ1) is 10.2. The van der Waals surface area contributed by atoms with Crippen LogP contribution < -0.4 is 5.32 Å². The van der Waals surface area contributed by atoms with E-state index in [9.17, 15) is 4.79 Å². The second-order valence-electron chi connectivity index (χ2n) is 4.75. The number of nitrogens with zero attached hydrogens (tertiary/aromatic N) is 1. The molecule has 0 atom stereocenters. The molecule has 4 heteroatoms. The summed E-state index contributed by atoms with van der Waals surface area (Å²) in [6.45, 7) is 4.10. The predicted octanol–water partition coefficient (Wildman–Crippen LogP) is 2.39. The molecular formula is C17H18N2O2. The minimum absolute atomic E-state index is 0.0163. The van der Waals surface area contributed by atoms with Gasteiger partial charge in [0.15, 0.2) is 0 Å². The molecule has 1 amide bonds. The lowest BCUT2D eigenvalue weighted by molar-refractivity contribution is -0.120. The molecule has 1 aromatic heterocycles. The fourth-order valence-electron chi connectivity index (χ4n) is 2.00. The van der Waals surface area contributed by atoms with Gasteiger partial charge in [-0.15, -0.1) is 0 Å². The van der Waals surface area contributed by atoms with Crippen LogP contribution in [0.15, 0.2) is 34.9 Å². The van der Waals surface area contributed by atoms with Gasteiger partial charge >= 0.3 is 0 Å². The summed E-state index contributed by atoms with van der Waals surface area (Å²) in [7, 11) is 0. The zero-order valence-electron chi connectivity index (χ0n) is 12.3. The fourth-order valence-corrected chi connectivity index (χ4v) is 2.00. The van der Waals surface area contributed by atoms with Gasteiger partial charge in [-0.2, -0.15) is 0 Å². The molecule has 4 nitrogen and oxygen atoms in total. The summed E-state index contributed by atoms with van der Waals surface area (Å²) in [5, 5.41) is 6.66. The topological polar surface area (TPSA) is 55.1 Å². The highest BCUT2D eigenvalue weighted by Gasteiger charge is 2.10. The molecule has 0 fully saturated rings. The lowest BCUT2D eigenvalue weighted by Crippen LogP contribution is -2.23. The van der Waals surface area contributed by atoms with Crippen molar-refractivity contribution in [3.05, 3.63) is 52.9 Å². The monoisotopic (exact) mass is 282 g/mol. The first-order valence-electron chi connectivity index (χ1n) is 6.89. The Hall–Kier alpha value is -2.54. The number of nitrogens with one attached hydrogen (secondary N) is 1. The molecule has 0 aliphatic heterocycles. The number of carbonyl (C=O) groups is 1. The number of rotatable bonds is 4. The molecule has 0 spiro atoms. The van der Waals surface area contributed by atoms with Crippen LogP contribution in [0.5, 0.6) is 0 Å². The molecule has 0 radical (unpaired) electrons. The average molecular weight is 282 g/mol. The summed E-state index contributed by atoms with van der Waals surface area (Å²) in [5.41, 5.74) is 2.81. The van der Waals surface area contributed by atoms with E-state index in [4.69, 9.17) is 4.52 Å². The van der Waals surface area contributed by atoms with E-state index >= 15 is 0 Å². The van der Waals surface area contributed by atoms with Crippen LogP contribution in [0.2, 0.25) is 0 Å². The van der Waals surface area contributed by atoms with Crippen LogP contribution in [0, 0.1) is 25.7 Å². The third-order valence-corrected chi connectivity index (χ3v) is 3.16. The van der Waals surface area contributed by atoms with Crippen LogP contribution in [0.4, 0.5) is 0 Å². The van der Waals surface area contributed by atoms with Gasteiger partial charge in [0, 0.05) is 17.5 Å². The molecule has 21 heavy (non-hydrogen) atoms. The van der Waals surface area contributed by atoms with Crippen molar-refractivity contribution >= 4 is 5.91 Å². The number of aryl methyl sites for hydroxylation is 2. The third kappa shape index (κ3) is 4.50.